The smallest absolute Gasteiger partial charge is 0.387 e. The Labute approximate surface area is 105 Å². The molecular formula is C13H17F2NO2. The van der Waals surface area contributed by atoms with Gasteiger partial charge >= 0.3 is 6.61 Å². The molecule has 1 fully saturated rings. The summed E-state index contributed by atoms with van der Waals surface area (Å²) in [4.78, 5) is 0. The van der Waals surface area contributed by atoms with Crippen LogP contribution < -0.4 is 10.5 Å². The molecule has 0 radical (unpaired) electrons. The maximum absolute atomic E-state index is 12.3. The van der Waals surface area contributed by atoms with E-state index < -0.39 is 12.7 Å². The summed E-state index contributed by atoms with van der Waals surface area (Å²) in [5, 5.41) is 10.4. The number of rotatable bonds is 5. The second-order valence-electron chi connectivity index (χ2n) is 4.74. The van der Waals surface area contributed by atoms with Crippen molar-refractivity contribution in [3.63, 3.8) is 0 Å². The third-order valence-electron chi connectivity index (χ3n) is 3.77. The summed E-state index contributed by atoms with van der Waals surface area (Å²) < 4.78 is 29.1. The first-order chi connectivity index (χ1) is 8.59. The Morgan fingerprint density at radius 1 is 1.33 bits per heavy atom. The van der Waals surface area contributed by atoms with Crippen LogP contribution in [0.3, 0.4) is 0 Å². The fraction of sp³-hybridized carbons (Fsp3) is 0.538. The predicted molar refractivity (Wildman–Crippen MR) is 63.4 cm³/mol. The molecule has 0 aliphatic heterocycles. The number of aliphatic hydroxyl groups is 1. The number of para-hydroxylation sites is 1. The second-order valence-corrected chi connectivity index (χ2v) is 4.74. The maximum Gasteiger partial charge on any atom is 0.387 e. The van der Waals surface area contributed by atoms with E-state index in [9.17, 15) is 13.9 Å². The van der Waals surface area contributed by atoms with Gasteiger partial charge in [-0.25, -0.2) is 0 Å². The summed E-state index contributed by atoms with van der Waals surface area (Å²) in [6, 6.07) is 6.34. The maximum atomic E-state index is 12.3. The summed E-state index contributed by atoms with van der Waals surface area (Å²) in [6.07, 6.45) is 1.78. The summed E-state index contributed by atoms with van der Waals surface area (Å²) in [5.74, 6) is 0.0275. The van der Waals surface area contributed by atoms with Gasteiger partial charge in [0.25, 0.3) is 0 Å². The van der Waals surface area contributed by atoms with Crippen molar-refractivity contribution in [3.05, 3.63) is 29.8 Å². The Morgan fingerprint density at radius 3 is 2.50 bits per heavy atom. The fourth-order valence-electron chi connectivity index (χ4n) is 2.46. The highest BCUT2D eigenvalue weighted by Crippen LogP contribution is 2.51. The minimum absolute atomic E-state index is 0.0275. The third kappa shape index (κ3) is 2.33. The Hall–Kier alpha value is -1.20. The van der Waals surface area contributed by atoms with Crippen LogP contribution in [0.2, 0.25) is 0 Å². The lowest BCUT2D eigenvalue weighted by molar-refractivity contribution is -0.0594. The molecule has 1 unspecified atom stereocenters. The Morgan fingerprint density at radius 2 is 2.00 bits per heavy atom. The molecular weight excluding hydrogens is 240 g/mol. The van der Waals surface area contributed by atoms with Gasteiger partial charge in [-0.15, -0.1) is 0 Å². The first-order valence-electron chi connectivity index (χ1n) is 6.01. The standard InChI is InChI=1S/C13H17F2NO2/c14-12(15)18-10-5-2-1-4-9(10)11(17)13(8-16)6-3-7-13/h1-2,4-5,11-12,17H,3,6-8,16H2. The number of aliphatic hydroxyl groups excluding tert-OH is 1. The van der Waals surface area contributed by atoms with Crippen LogP contribution in [0.4, 0.5) is 8.78 Å². The second kappa shape index (κ2) is 5.20. The van der Waals surface area contributed by atoms with E-state index >= 15 is 0 Å². The number of hydrogen-bond acceptors (Lipinski definition) is 3. The van der Waals surface area contributed by atoms with Crippen molar-refractivity contribution in [1.29, 1.82) is 0 Å². The van der Waals surface area contributed by atoms with E-state index in [0.717, 1.165) is 19.3 Å². The Balaban J connectivity index is 2.26. The van der Waals surface area contributed by atoms with Crippen LogP contribution in [0.1, 0.15) is 30.9 Å². The van der Waals surface area contributed by atoms with Gasteiger partial charge in [-0.3, -0.25) is 0 Å². The topological polar surface area (TPSA) is 55.5 Å². The van der Waals surface area contributed by atoms with Gasteiger partial charge in [-0.1, -0.05) is 24.6 Å². The molecule has 5 heteroatoms. The lowest BCUT2D eigenvalue weighted by Gasteiger charge is -2.45. The first kappa shape index (κ1) is 13.2. The molecule has 0 heterocycles. The van der Waals surface area contributed by atoms with E-state index in [4.69, 9.17) is 5.73 Å². The number of ether oxygens (including phenoxy) is 1. The number of halogens is 2. The van der Waals surface area contributed by atoms with Crippen LogP contribution in [-0.2, 0) is 0 Å². The monoisotopic (exact) mass is 257 g/mol. The summed E-state index contributed by atoms with van der Waals surface area (Å²) in [7, 11) is 0. The normalized spacial score (nSPS) is 19.4. The van der Waals surface area contributed by atoms with Gasteiger partial charge in [-0.05, 0) is 18.9 Å². The highest BCUT2D eigenvalue weighted by molar-refractivity contribution is 5.36. The number of benzene rings is 1. The average molecular weight is 257 g/mol. The van der Waals surface area contributed by atoms with Crippen LogP contribution in [0.5, 0.6) is 5.75 Å². The molecule has 2 rings (SSSR count). The molecule has 1 atom stereocenters. The first-order valence-corrected chi connectivity index (χ1v) is 6.01. The highest BCUT2D eigenvalue weighted by atomic mass is 19.3. The van der Waals surface area contributed by atoms with Gasteiger partial charge < -0.3 is 15.6 Å². The molecule has 1 saturated carbocycles. The van der Waals surface area contributed by atoms with Crippen molar-refractivity contribution >= 4 is 0 Å². The molecule has 0 amide bonds. The quantitative estimate of drug-likeness (QED) is 0.852. The summed E-state index contributed by atoms with van der Waals surface area (Å²) >= 11 is 0. The van der Waals surface area contributed by atoms with E-state index in [1.165, 1.54) is 6.07 Å². The molecule has 100 valence electrons. The van der Waals surface area contributed by atoms with Crippen molar-refractivity contribution in [2.24, 2.45) is 11.1 Å². The molecule has 1 aromatic rings. The molecule has 1 aliphatic rings. The number of nitrogens with two attached hydrogens (primary N) is 1. The van der Waals surface area contributed by atoms with E-state index in [-0.39, 0.29) is 11.2 Å². The lowest BCUT2D eigenvalue weighted by Crippen LogP contribution is -2.42. The molecule has 3 nitrogen and oxygen atoms in total. The molecule has 0 spiro atoms. The van der Waals surface area contributed by atoms with Gasteiger partial charge in [0.15, 0.2) is 0 Å². The zero-order valence-electron chi connectivity index (χ0n) is 9.98. The van der Waals surface area contributed by atoms with Crippen LogP contribution in [0.25, 0.3) is 0 Å². The predicted octanol–water partition coefficient (Wildman–Crippen LogP) is 2.45. The molecule has 0 bridgehead atoms. The zero-order chi connectivity index (χ0) is 13.2. The van der Waals surface area contributed by atoms with Crippen LogP contribution in [0.15, 0.2) is 24.3 Å². The van der Waals surface area contributed by atoms with Crippen molar-refractivity contribution in [3.8, 4) is 5.75 Å². The van der Waals surface area contributed by atoms with Crippen molar-refractivity contribution in [1.82, 2.24) is 0 Å². The molecule has 1 aliphatic carbocycles. The van der Waals surface area contributed by atoms with E-state index in [1.807, 2.05) is 0 Å². The van der Waals surface area contributed by atoms with E-state index in [2.05, 4.69) is 4.74 Å². The Kier molecular flexibility index (Phi) is 3.82. The molecule has 1 aromatic carbocycles. The fourth-order valence-corrected chi connectivity index (χ4v) is 2.46. The van der Waals surface area contributed by atoms with Crippen molar-refractivity contribution < 1.29 is 18.6 Å². The largest absolute Gasteiger partial charge is 0.434 e. The molecule has 0 saturated heterocycles. The lowest BCUT2D eigenvalue weighted by atomic mass is 9.63. The molecule has 0 aromatic heterocycles. The third-order valence-corrected chi connectivity index (χ3v) is 3.77. The summed E-state index contributed by atoms with van der Waals surface area (Å²) in [6.45, 7) is -2.55. The van der Waals surface area contributed by atoms with Gasteiger partial charge in [0.1, 0.15) is 5.75 Å². The van der Waals surface area contributed by atoms with Gasteiger partial charge in [0, 0.05) is 17.5 Å². The van der Waals surface area contributed by atoms with Crippen LogP contribution in [-0.4, -0.2) is 18.3 Å². The van der Waals surface area contributed by atoms with Crippen LogP contribution in [0, 0.1) is 5.41 Å². The highest BCUT2D eigenvalue weighted by Gasteiger charge is 2.43. The Bertz CT molecular complexity index is 402. The SMILES string of the molecule is NCC1(C(O)c2ccccc2OC(F)F)CCC1. The van der Waals surface area contributed by atoms with Crippen molar-refractivity contribution in [2.75, 3.05) is 6.54 Å². The minimum atomic E-state index is -2.89. The van der Waals surface area contributed by atoms with Gasteiger partial charge in [0.05, 0.1) is 6.10 Å². The van der Waals surface area contributed by atoms with Gasteiger partial charge in [-0.2, -0.15) is 8.78 Å². The van der Waals surface area contributed by atoms with Crippen molar-refractivity contribution in [2.45, 2.75) is 32.0 Å². The molecule has 18 heavy (non-hydrogen) atoms. The minimum Gasteiger partial charge on any atom is -0.434 e. The molecule has 3 N–H and O–H groups in total. The van der Waals surface area contributed by atoms with E-state index in [0.29, 0.717) is 12.1 Å². The van der Waals surface area contributed by atoms with Crippen LogP contribution >= 0.6 is 0 Å². The van der Waals surface area contributed by atoms with E-state index in [1.54, 1.807) is 18.2 Å². The van der Waals surface area contributed by atoms with Gasteiger partial charge in [0.2, 0.25) is 0 Å². The average Bonchev–Trinajstić information content (AvgIpc) is 2.28. The number of alkyl halides is 2. The zero-order valence-corrected chi connectivity index (χ0v) is 9.98. The number of hydrogen-bond donors (Lipinski definition) is 2. The summed E-state index contributed by atoms with van der Waals surface area (Å²) in [5.41, 5.74) is 5.71.